The molecule has 0 aliphatic carbocycles. The van der Waals surface area contributed by atoms with Gasteiger partial charge in [-0.25, -0.2) is 12.7 Å². The van der Waals surface area contributed by atoms with Gasteiger partial charge in [0.2, 0.25) is 15.9 Å². The molecule has 1 atom stereocenters. The summed E-state index contributed by atoms with van der Waals surface area (Å²) < 4.78 is 29.5. The van der Waals surface area contributed by atoms with E-state index in [4.69, 9.17) is 0 Å². The Labute approximate surface area is 191 Å². The van der Waals surface area contributed by atoms with E-state index in [1.165, 1.54) is 4.31 Å². The summed E-state index contributed by atoms with van der Waals surface area (Å²) in [6.07, 6.45) is 2.59. The van der Waals surface area contributed by atoms with Gasteiger partial charge in [0.25, 0.3) is 0 Å². The Hall–Kier alpha value is -2.49. The van der Waals surface area contributed by atoms with Crippen molar-refractivity contribution in [1.29, 1.82) is 0 Å². The van der Waals surface area contributed by atoms with Crippen LogP contribution >= 0.6 is 11.3 Å². The topological polar surface area (TPSA) is 88.5 Å². The van der Waals surface area contributed by atoms with Crippen LogP contribution in [-0.4, -0.2) is 42.0 Å². The minimum absolute atomic E-state index is 0.0520. The monoisotopic (exact) mass is 473 g/mol. The van der Waals surface area contributed by atoms with Gasteiger partial charge >= 0.3 is 4.87 Å². The third-order valence-corrected chi connectivity index (χ3v) is 8.84. The van der Waals surface area contributed by atoms with Crippen LogP contribution in [0.15, 0.2) is 53.3 Å². The Kier molecular flexibility index (Phi) is 6.78. The van der Waals surface area contributed by atoms with Crippen molar-refractivity contribution in [3.63, 3.8) is 0 Å². The maximum Gasteiger partial charge on any atom is 0.307 e. The number of hydrogen-bond acceptors (Lipinski definition) is 5. The molecule has 2 heterocycles. The lowest BCUT2D eigenvalue weighted by Gasteiger charge is -2.31. The standard InChI is InChI=1S/C23H27N3O4S2/c1-25-20-12-11-19(15-21(20)31-23(25)28)24-22(27)18-10-5-13-26(16-18)32(29,30)14-6-9-17-7-3-2-4-8-17/h2-4,7-8,11-12,15,18H,5-6,9-10,13-14,16H2,1H3,(H,24,27)/t18-/m1/s1. The number of anilines is 1. The van der Waals surface area contributed by atoms with Gasteiger partial charge in [-0.15, -0.1) is 0 Å². The molecule has 9 heteroatoms. The SMILES string of the molecule is Cn1c(=O)sc2cc(NC(=O)[C@@H]3CCCN(S(=O)(=O)CCCc4ccccc4)C3)ccc21. The van der Waals surface area contributed by atoms with Gasteiger partial charge in [-0.3, -0.25) is 9.59 Å². The van der Waals surface area contributed by atoms with Crippen LogP contribution < -0.4 is 10.2 Å². The van der Waals surface area contributed by atoms with Crippen molar-refractivity contribution in [1.82, 2.24) is 8.87 Å². The molecule has 1 fully saturated rings. The first-order chi connectivity index (χ1) is 15.3. The third-order valence-electron chi connectivity index (χ3n) is 5.92. The lowest BCUT2D eigenvalue weighted by atomic mass is 9.98. The van der Waals surface area contributed by atoms with E-state index in [1.54, 1.807) is 23.7 Å². The molecule has 1 aliphatic heterocycles. The van der Waals surface area contributed by atoms with Crippen LogP contribution in [0.1, 0.15) is 24.8 Å². The number of amides is 1. The van der Waals surface area contributed by atoms with E-state index in [2.05, 4.69) is 5.32 Å². The summed E-state index contributed by atoms with van der Waals surface area (Å²) in [4.78, 5) is 24.6. The van der Waals surface area contributed by atoms with E-state index in [1.807, 2.05) is 36.4 Å². The van der Waals surface area contributed by atoms with Crippen molar-refractivity contribution in [3.05, 3.63) is 63.8 Å². The lowest BCUT2D eigenvalue weighted by Crippen LogP contribution is -2.44. The van der Waals surface area contributed by atoms with E-state index >= 15 is 0 Å². The zero-order valence-electron chi connectivity index (χ0n) is 18.0. The molecule has 3 aromatic rings. The number of fused-ring (bicyclic) bond motifs is 1. The van der Waals surface area contributed by atoms with Crippen LogP contribution in [0.5, 0.6) is 0 Å². The number of aromatic nitrogens is 1. The van der Waals surface area contributed by atoms with Gasteiger partial charge in [0, 0.05) is 25.8 Å². The second-order valence-corrected chi connectivity index (χ2v) is 11.3. The van der Waals surface area contributed by atoms with Crippen molar-refractivity contribution >= 4 is 43.2 Å². The Morgan fingerprint density at radius 3 is 2.75 bits per heavy atom. The predicted octanol–water partition coefficient (Wildman–Crippen LogP) is 3.21. The van der Waals surface area contributed by atoms with Gasteiger partial charge in [-0.05, 0) is 49.4 Å². The second kappa shape index (κ2) is 9.56. The number of piperidine rings is 1. The van der Waals surface area contributed by atoms with Gasteiger partial charge in [0.15, 0.2) is 0 Å². The van der Waals surface area contributed by atoms with E-state index in [0.29, 0.717) is 37.9 Å². The first kappa shape index (κ1) is 22.7. The first-order valence-electron chi connectivity index (χ1n) is 10.8. The molecular weight excluding hydrogens is 446 g/mol. The van der Waals surface area contributed by atoms with Crippen molar-refractivity contribution < 1.29 is 13.2 Å². The van der Waals surface area contributed by atoms with Crippen molar-refractivity contribution in [3.8, 4) is 0 Å². The van der Waals surface area contributed by atoms with Gasteiger partial charge in [-0.1, -0.05) is 41.7 Å². The molecule has 4 rings (SSSR count). The Morgan fingerprint density at radius 2 is 1.97 bits per heavy atom. The number of rotatable bonds is 7. The number of nitrogens with one attached hydrogen (secondary N) is 1. The molecule has 32 heavy (non-hydrogen) atoms. The molecule has 1 amide bonds. The minimum atomic E-state index is -3.41. The maximum atomic E-state index is 12.9. The maximum absolute atomic E-state index is 12.9. The average Bonchev–Trinajstić information content (AvgIpc) is 3.07. The number of carbonyl (C=O) groups excluding carboxylic acids is 1. The van der Waals surface area contributed by atoms with E-state index in [0.717, 1.165) is 27.1 Å². The van der Waals surface area contributed by atoms with Crippen LogP contribution in [0.4, 0.5) is 5.69 Å². The molecule has 170 valence electrons. The first-order valence-corrected chi connectivity index (χ1v) is 13.2. The molecular formula is C23H27N3O4S2. The van der Waals surface area contributed by atoms with Crippen molar-refractivity contribution in [2.45, 2.75) is 25.7 Å². The highest BCUT2D eigenvalue weighted by Crippen LogP contribution is 2.24. The molecule has 0 unspecified atom stereocenters. The van der Waals surface area contributed by atoms with Gasteiger partial charge in [0.1, 0.15) is 0 Å². The molecule has 0 saturated carbocycles. The quantitative estimate of drug-likeness (QED) is 0.571. The molecule has 1 aliphatic rings. The summed E-state index contributed by atoms with van der Waals surface area (Å²) in [5.74, 6) is -0.491. The molecule has 0 spiro atoms. The largest absolute Gasteiger partial charge is 0.326 e. The molecule has 7 nitrogen and oxygen atoms in total. The predicted molar refractivity (Wildman–Crippen MR) is 129 cm³/mol. The van der Waals surface area contributed by atoms with Crippen LogP contribution in [0, 0.1) is 5.92 Å². The van der Waals surface area contributed by atoms with E-state index in [9.17, 15) is 18.0 Å². The van der Waals surface area contributed by atoms with Crippen molar-refractivity contribution in [2.24, 2.45) is 13.0 Å². The fraction of sp³-hybridized carbons (Fsp3) is 0.391. The Bertz CT molecular complexity index is 1270. The highest BCUT2D eigenvalue weighted by molar-refractivity contribution is 7.89. The fourth-order valence-electron chi connectivity index (χ4n) is 4.10. The zero-order valence-corrected chi connectivity index (χ0v) is 19.6. The van der Waals surface area contributed by atoms with Gasteiger partial charge in [0.05, 0.1) is 21.9 Å². The highest BCUT2D eigenvalue weighted by Gasteiger charge is 2.32. The number of hydrogen-bond donors (Lipinski definition) is 1. The minimum Gasteiger partial charge on any atom is -0.326 e. The molecule has 0 radical (unpaired) electrons. The number of carbonyl (C=O) groups is 1. The second-order valence-electron chi connectivity index (χ2n) is 8.20. The molecule has 1 N–H and O–H groups in total. The van der Waals surface area contributed by atoms with E-state index in [-0.39, 0.29) is 23.1 Å². The number of nitrogens with zero attached hydrogens (tertiary/aromatic N) is 2. The number of benzene rings is 2. The number of thiazole rings is 1. The van der Waals surface area contributed by atoms with Crippen LogP contribution in [0.25, 0.3) is 10.2 Å². The summed E-state index contributed by atoms with van der Waals surface area (Å²) >= 11 is 1.13. The molecule has 1 aromatic heterocycles. The van der Waals surface area contributed by atoms with Crippen LogP contribution in [0.3, 0.4) is 0 Å². The fourth-order valence-corrected chi connectivity index (χ4v) is 6.60. The summed E-state index contributed by atoms with van der Waals surface area (Å²) in [6.45, 7) is 0.668. The molecule has 1 saturated heterocycles. The van der Waals surface area contributed by atoms with Gasteiger partial charge < -0.3 is 9.88 Å². The molecule has 0 bridgehead atoms. The summed E-state index contributed by atoms with van der Waals surface area (Å²) in [7, 11) is -1.69. The smallest absolute Gasteiger partial charge is 0.307 e. The normalized spacial score (nSPS) is 17.5. The number of sulfonamides is 1. The summed E-state index contributed by atoms with van der Waals surface area (Å²) in [6, 6.07) is 15.2. The van der Waals surface area contributed by atoms with Gasteiger partial charge in [-0.2, -0.15) is 0 Å². The van der Waals surface area contributed by atoms with Crippen LogP contribution in [0.2, 0.25) is 0 Å². The third kappa shape index (κ3) is 5.11. The highest BCUT2D eigenvalue weighted by atomic mass is 32.2. The number of aryl methyl sites for hydroxylation is 2. The van der Waals surface area contributed by atoms with Crippen LogP contribution in [-0.2, 0) is 28.3 Å². The van der Waals surface area contributed by atoms with Crippen molar-refractivity contribution in [2.75, 3.05) is 24.2 Å². The zero-order chi connectivity index (χ0) is 22.7. The van der Waals surface area contributed by atoms with E-state index < -0.39 is 15.9 Å². The average molecular weight is 474 g/mol. The Morgan fingerprint density at radius 1 is 1.19 bits per heavy atom. The Balaban J connectivity index is 1.36. The summed E-state index contributed by atoms with van der Waals surface area (Å²) in [5, 5.41) is 2.90. The lowest BCUT2D eigenvalue weighted by molar-refractivity contribution is -0.120. The molecule has 2 aromatic carbocycles. The summed E-state index contributed by atoms with van der Waals surface area (Å²) in [5.41, 5.74) is 2.56.